The summed E-state index contributed by atoms with van der Waals surface area (Å²) in [6, 6.07) is 0. The standard InChI is InChI=1S/C11H20BrNO/c1-3-11(2,6-7-12)13-10(14)8-9-4-5-9/h9H,3-8H2,1-2H3,(H,13,14). The first-order valence-electron chi connectivity index (χ1n) is 5.46. The van der Waals surface area contributed by atoms with Gasteiger partial charge < -0.3 is 5.32 Å². The van der Waals surface area contributed by atoms with Gasteiger partial charge >= 0.3 is 0 Å². The molecule has 0 saturated heterocycles. The molecule has 14 heavy (non-hydrogen) atoms. The third-order valence-electron chi connectivity index (χ3n) is 3.04. The van der Waals surface area contributed by atoms with Crippen molar-refractivity contribution >= 4 is 21.8 Å². The Hall–Kier alpha value is -0.0500. The minimum atomic E-state index is -0.0184. The molecule has 3 heteroatoms. The van der Waals surface area contributed by atoms with Crippen LogP contribution in [0.3, 0.4) is 0 Å². The molecule has 0 heterocycles. The van der Waals surface area contributed by atoms with E-state index in [1.165, 1.54) is 12.8 Å². The summed E-state index contributed by atoms with van der Waals surface area (Å²) in [4.78, 5) is 11.6. The number of amides is 1. The van der Waals surface area contributed by atoms with Crippen LogP contribution in [-0.2, 0) is 4.79 Å². The van der Waals surface area contributed by atoms with Crippen LogP contribution >= 0.6 is 15.9 Å². The molecule has 1 fully saturated rings. The van der Waals surface area contributed by atoms with Gasteiger partial charge in [0.1, 0.15) is 0 Å². The van der Waals surface area contributed by atoms with Gasteiger partial charge in [0, 0.05) is 17.3 Å². The van der Waals surface area contributed by atoms with Crippen molar-refractivity contribution in [1.29, 1.82) is 0 Å². The fourth-order valence-electron chi connectivity index (χ4n) is 1.51. The molecular weight excluding hydrogens is 242 g/mol. The Morgan fingerprint density at radius 2 is 2.21 bits per heavy atom. The first-order chi connectivity index (χ1) is 6.59. The van der Waals surface area contributed by atoms with Crippen LogP contribution in [0.4, 0.5) is 0 Å². The Labute approximate surface area is 95.0 Å². The molecule has 1 rings (SSSR count). The van der Waals surface area contributed by atoms with E-state index in [4.69, 9.17) is 0 Å². The Morgan fingerprint density at radius 3 is 2.64 bits per heavy atom. The van der Waals surface area contributed by atoms with Gasteiger partial charge in [0.05, 0.1) is 0 Å². The second kappa shape index (κ2) is 5.15. The molecule has 2 nitrogen and oxygen atoms in total. The third-order valence-corrected chi connectivity index (χ3v) is 3.44. The van der Waals surface area contributed by atoms with E-state index in [1.807, 2.05) is 0 Å². The Morgan fingerprint density at radius 1 is 1.57 bits per heavy atom. The molecule has 0 aromatic heterocycles. The summed E-state index contributed by atoms with van der Waals surface area (Å²) in [5.74, 6) is 0.915. The molecule has 82 valence electrons. The van der Waals surface area contributed by atoms with Crippen LogP contribution in [0, 0.1) is 5.92 Å². The van der Waals surface area contributed by atoms with Gasteiger partial charge in [-0.1, -0.05) is 22.9 Å². The number of rotatable bonds is 6. The fourth-order valence-corrected chi connectivity index (χ4v) is 2.38. The lowest BCUT2D eigenvalue weighted by molar-refractivity contribution is -0.123. The number of alkyl halides is 1. The van der Waals surface area contributed by atoms with Crippen LogP contribution in [-0.4, -0.2) is 16.8 Å². The maximum Gasteiger partial charge on any atom is 0.220 e. The first-order valence-corrected chi connectivity index (χ1v) is 6.59. The van der Waals surface area contributed by atoms with Gasteiger partial charge in [-0.2, -0.15) is 0 Å². The lowest BCUT2D eigenvalue weighted by atomic mass is 9.95. The highest BCUT2D eigenvalue weighted by atomic mass is 79.9. The van der Waals surface area contributed by atoms with E-state index in [0.717, 1.165) is 24.6 Å². The minimum Gasteiger partial charge on any atom is -0.351 e. The van der Waals surface area contributed by atoms with Crippen molar-refractivity contribution in [3.05, 3.63) is 0 Å². The van der Waals surface area contributed by atoms with Crippen molar-refractivity contribution in [2.75, 3.05) is 5.33 Å². The molecule has 0 aromatic rings. The lowest BCUT2D eigenvalue weighted by Crippen LogP contribution is -2.45. The van der Waals surface area contributed by atoms with Crippen LogP contribution in [0.15, 0.2) is 0 Å². The van der Waals surface area contributed by atoms with Gasteiger partial charge in [0.2, 0.25) is 5.91 Å². The van der Waals surface area contributed by atoms with E-state index >= 15 is 0 Å². The third kappa shape index (κ3) is 3.99. The smallest absolute Gasteiger partial charge is 0.220 e. The van der Waals surface area contributed by atoms with E-state index in [0.29, 0.717) is 5.92 Å². The van der Waals surface area contributed by atoms with Crippen molar-refractivity contribution in [2.45, 2.75) is 51.5 Å². The quantitative estimate of drug-likeness (QED) is 0.733. The van der Waals surface area contributed by atoms with E-state index in [1.54, 1.807) is 0 Å². The predicted molar refractivity (Wildman–Crippen MR) is 62.6 cm³/mol. The number of carbonyl (C=O) groups is 1. The number of hydrogen-bond acceptors (Lipinski definition) is 1. The van der Waals surface area contributed by atoms with Gasteiger partial charge in [0.15, 0.2) is 0 Å². The number of nitrogens with one attached hydrogen (secondary N) is 1. The van der Waals surface area contributed by atoms with Gasteiger partial charge in [-0.25, -0.2) is 0 Å². The molecule has 1 unspecified atom stereocenters. The number of halogens is 1. The average molecular weight is 262 g/mol. The van der Waals surface area contributed by atoms with Crippen molar-refractivity contribution in [3.8, 4) is 0 Å². The summed E-state index contributed by atoms with van der Waals surface area (Å²) < 4.78 is 0. The van der Waals surface area contributed by atoms with Crippen LogP contribution in [0.5, 0.6) is 0 Å². The minimum absolute atomic E-state index is 0.0184. The van der Waals surface area contributed by atoms with E-state index < -0.39 is 0 Å². The van der Waals surface area contributed by atoms with E-state index in [9.17, 15) is 4.79 Å². The maximum atomic E-state index is 11.6. The maximum absolute atomic E-state index is 11.6. The van der Waals surface area contributed by atoms with Gasteiger partial charge in [-0.05, 0) is 38.5 Å². The molecule has 0 aliphatic heterocycles. The molecule has 1 amide bonds. The number of carbonyl (C=O) groups excluding carboxylic acids is 1. The van der Waals surface area contributed by atoms with Crippen LogP contribution in [0.2, 0.25) is 0 Å². The molecule has 1 atom stereocenters. The Kier molecular flexibility index (Phi) is 4.42. The van der Waals surface area contributed by atoms with Crippen molar-refractivity contribution in [1.82, 2.24) is 5.32 Å². The zero-order valence-corrected chi connectivity index (χ0v) is 10.7. The Balaban J connectivity index is 2.33. The molecule has 0 aromatic carbocycles. The Bertz CT molecular complexity index is 203. The second-order valence-electron chi connectivity index (χ2n) is 4.55. The zero-order valence-electron chi connectivity index (χ0n) is 9.11. The highest BCUT2D eigenvalue weighted by Crippen LogP contribution is 2.32. The molecule has 1 aliphatic rings. The monoisotopic (exact) mass is 261 g/mol. The van der Waals surface area contributed by atoms with Crippen molar-refractivity contribution in [3.63, 3.8) is 0 Å². The normalized spacial score (nSPS) is 20.2. The summed E-state index contributed by atoms with van der Waals surface area (Å²) in [7, 11) is 0. The largest absolute Gasteiger partial charge is 0.351 e. The molecular formula is C11H20BrNO. The SMILES string of the molecule is CCC(C)(CCBr)NC(=O)CC1CC1. The van der Waals surface area contributed by atoms with Crippen LogP contribution < -0.4 is 5.32 Å². The van der Waals surface area contributed by atoms with Gasteiger partial charge in [-0.15, -0.1) is 0 Å². The van der Waals surface area contributed by atoms with E-state index in [-0.39, 0.29) is 11.4 Å². The molecule has 0 radical (unpaired) electrons. The lowest BCUT2D eigenvalue weighted by Gasteiger charge is -2.29. The van der Waals surface area contributed by atoms with Crippen LogP contribution in [0.1, 0.15) is 46.0 Å². The topological polar surface area (TPSA) is 29.1 Å². The summed E-state index contributed by atoms with van der Waals surface area (Å²) in [6.07, 6.45) is 5.22. The average Bonchev–Trinajstić information content (AvgIpc) is 2.88. The summed E-state index contributed by atoms with van der Waals surface area (Å²) in [5, 5.41) is 4.09. The second-order valence-corrected chi connectivity index (χ2v) is 5.34. The molecule has 1 aliphatic carbocycles. The molecule has 0 bridgehead atoms. The molecule has 1 saturated carbocycles. The van der Waals surface area contributed by atoms with Crippen LogP contribution in [0.25, 0.3) is 0 Å². The first kappa shape index (κ1) is 12.0. The summed E-state index contributed by atoms with van der Waals surface area (Å²) in [5.41, 5.74) is -0.0184. The number of hydrogen-bond donors (Lipinski definition) is 1. The summed E-state index contributed by atoms with van der Waals surface area (Å²) >= 11 is 3.43. The summed E-state index contributed by atoms with van der Waals surface area (Å²) in [6.45, 7) is 4.25. The molecule has 1 N–H and O–H groups in total. The van der Waals surface area contributed by atoms with Crippen molar-refractivity contribution < 1.29 is 4.79 Å². The predicted octanol–water partition coefficient (Wildman–Crippen LogP) is 2.86. The highest BCUT2D eigenvalue weighted by molar-refractivity contribution is 9.09. The molecule has 0 spiro atoms. The van der Waals surface area contributed by atoms with Crippen molar-refractivity contribution in [2.24, 2.45) is 5.92 Å². The van der Waals surface area contributed by atoms with E-state index in [2.05, 4.69) is 35.1 Å². The zero-order chi connectivity index (χ0) is 10.6. The van der Waals surface area contributed by atoms with Gasteiger partial charge in [0.25, 0.3) is 0 Å². The highest BCUT2D eigenvalue weighted by Gasteiger charge is 2.28. The fraction of sp³-hybridized carbons (Fsp3) is 0.909. The van der Waals surface area contributed by atoms with Gasteiger partial charge in [-0.3, -0.25) is 4.79 Å².